The van der Waals surface area contributed by atoms with Crippen molar-refractivity contribution in [2.75, 3.05) is 33.4 Å². The summed E-state index contributed by atoms with van der Waals surface area (Å²) in [6.07, 6.45) is 2.05. The van der Waals surface area contributed by atoms with Gasteiger partial charge in [0.25, 0.3) is 0 Å². The van der Waals surface area contributed by atoms with E-state index in [-0.39, 0.29) is 11.8 Å². The van der Waals surface area contributed by atoms with E-state index in [0.717, 1.165) is 39.1 Å². The van der Waals surface area contributed by atoms with E-state index in [1.165, 1.54) is 11.1 Å². The fraction of sp³-hybridized carbons (Fsp3) is 0.611. The van der Waals surface area contributed by atoms with Gasteiger partial charge in [-0.1, -0.05) is 24.3 Å². The highest BCUT2D eigenvalue weighted by atomic mass is 16.5. The SMILES string of the molecule is COCCN1CC[C@@H](NC(=O)[C@@H]2C[C@H]2c2ccccc2C)C1. The molecular formula is C18H26N2O2. The summed E-state index contributed by atoms with van der Waals surface area (Å²) in [6, 6.07) is 8.73. The summed E-state index contributed by atoms with van der Waals surface area (Å²) in [5.74, 6) is 0.841. The Labute approximate surface area is 132 Å². The molecule has 1 aliphatic heterocycles. The molecule has 2 aliphatic rings. The fourth-order valence-electron chi connectivity index (χ4n) is 3.51. The number of aryl methyl sites for hydroxylation is 1. The molecule has 1 saturated heterocycles. The Morgan fingerprint density at radius 3 is 3.00 bits per heavy atom. The van der Waals surface area contributed by atoms with E-state index in [4.69, 9.17) is 4.74 Å². The molecule has 1 aliphatic carbocycles. The smallest absolute Gasteiger partial charge is 0.224 e. The maximum atomic E-state index is 12.4. The molecular weight excluding hydrogens is 276 g/mol. The lowest BCUT2D eigenvalue weighted by molar-refractivity contribution is -0.123. The van der Waals surface area contributed by atoms with Gasteiger partial charge in [-0.15, -0.1) is 0 Å². The van der Waals surface area contributed by atoms with Gasteiger partial charge in [-0.25, -0.2) is 0 Å². The molecule has 1 aromatic carbocycles. The Bertz CT molecular complexity index is 532. The molecule has 22 heavy (non-hydrogen) atoms. The highest BCUT2D eigenvalue weighted by Gasteiger charge is 2.45. The predicted molar refractivity (Wildman–Crippen MR) is 86.9 cm³/mol. The molecule has 0 radical (unpaired) electrons. The van der Waals surface area contributed by atoms with Crippen molar-refractivity contribution in [3.8, 4) is 0 Å². The number of benzene rings is 1. The van der Waals surface area contributed by atoms with Gasteiger partial charge in [0, 0.05) is 38.7 Å². The number of methoxy groups -OCH3 is 1. The normalized spacial score (nSPS) is 27.8. The van der Waals surface area contributed by atoms with Gasteiger partial charge in [0.05, 0.1) is 6.61 Å². The molecule has 1 saturated carbocycles. The van der Waals surface area contributed by atoms with Crippen LogP contribution in [0.1, 0.15) is 29.9 Å². The van der Waals surface area contributed by atoms with E-state index in [0.29, 0.717) is 12.0 Å². The van der Waals surface area contributed by atoms with Gasteiger partial charge in [-0.2, -0.15) is 0 Å². The first-order chi connectivity index (χ1) is 10.7. The number of nitrogens with zero attached hydrogens (tertiary/aromatic N) is 1. The Kier molecular flexibility index (Phi) is 4.79. The maximum absolute atomic E-state index is 12.4. The number of hydrogen-bond acceptors (Lipinski definition) is 3. The Hall–Kier alpha value is -1.39. The van der Waals surface area contributed by atoms with Crippen molar-refractivity contribution in [1.82, 2.24) is 10.2 Å². The second-order valence-corrected chi connectivity index (χ2v) is 6.59. The number of carbonyl (C=O) groups is 1. The molecule has 3 atom stereocenters. The minimum atomic E-state index is 0.175. The first-order valence-corrected chi connectivity index (χ1v) is 8.26. The van der Waals surface area contributed by atoms with Crippen LogP contribution in [-0.4, -0.2) is 50.2 Å². The third kappa shape index (κ3) is 3.50. The number of rotatable bonds is 6. The van der Waals surface area contributed by atoms with Crippen LogP contribution in [0, 0.1) is 12.8 Å². The third-order valence-corrected chi connectivity index (χ3v) is 4.95. The van der Waals surface area contributed by atoms with Crippen molar-refractivity contribution in [3.63, 3.8) is 0 Å². The third-order valence-electron chi connectivity index (χ3n) is 4.95. The second kappa shape index (κ2) is 6.80. The van der Waals surface area contributed by atoms with Gasteiger partial charge in [0.1, 0.15) is 0 Å². The van der Waals surface area contributed by atoms with E-state index in [1.54, 1.807) is 7.11 Å². The minimum absolute atomic E-state index is 0.175. The lowest BCUT2D eigenvalue weighted by Gasteiger charge is -2.16. The molecule has 4 heteroatoms. The van der Waals surface area contributed by atoms with Crippen molar-refractivity contribution in [2.45, 2.75) is 31.7 Å². The van der Waals surface area contributed by atoms with E-state index in [2.05, 4.69) is 41.4 Å². The molecule has 0 unspecified atom stereocenters. The van der Waals surface area contributed by atoms with Gasteiger partial charge in [-0.05, 0) is 36.8 Å². The van der Waals surface area contributed by atoms with Crippen LogP contribution >= 0.6 is 0 Å². The van der Waals surface area contributed by atoms with Gasteiger partial charge in [0.15, 0.2) is 0 Å². The number of nitrogens with one attached hydrogen (secondary N) is 1. The minimum Gasteiger partial charge on any atom is -0.383 e. The van der Waals surface area contributed by atoms with Crippen LogP contribution in [0.3, 0.4) is 0 Å². The molecule has 1 N–H and O–H groups in total. The number of amides is 1. The molecule has 120 valence electrons. The second-order valence-electron chi connectivity index (χ2n) is 6.59. The maximum Gasteiger partial charge on any atom is 0.224 e. The molecule has 1 heterocycles. The van der Waals surface area contributed by atoms with Crippen LogP contribution in [0.25, 0.3) is 0 Å². The number of hydrogen-bond donors (Lipinski definition) is 1. The summed E-state index contributed by atoms with van der Waals surface area (Å²) in [4.78, 5) is 14.8. The van der Waals surface area contributed by atoms with Crippen molar-refractivity contribution in [2.24, 2.45) is 5.92 Å². The first kappa shape index (κ1) is 15.5. The lowest BCUT2D eigenvalue weighted by Crippen LogP contribution is -2.38. The Balaban J connectivity index is 1.47. The molecule has 0 bridgehead atoms. The summed E-state index contributed by atoms with van der Waals surface area (Å²) in [6.45, 7) is 5.86. The van der Waals surface area contributed by atoms with Crippen LogP contribution in [0.5, 0.6) is 0 Å². The van der Waals surface area contributed by atoms with Crippen LogP contribution in [0.4, 0.5) is 0 Å². The molecule has 0 aromatic heterocycles. The average molecular weight is 302 g/mol. The van der Waals surface area contributed by atoms with E-state index in [9.17, 15) is 4.79 Å². The van der Waals surface area contributed by atoms with Crippen molar-refractivity contribution in [1.29, 1.82) is 0 Å². The fourth-order valence-corrected chi connectivity index (χ4v) is 3.51. The van der Waals surface area contributed by atoms with Crippen LogP contribution in [-0.2, 0) is 9.53 Å². The van der Waals surface area contributed by atoms with E-state index >= 15 is 0 Å². The van der Waals surface area contributed by atoms with Crippen LogP contribution in [0.15, 0.2) is 24.3 Å². The zero-order valence-corrected chi connectivity index (χ0v) is 13.5. The summed E-state index contributed by atoms with van der Waals surface area (Å²) in [7, 11) is 1.73. The summed E-state index contributed by atoms with van der Waals surface area (Å²) in [5, 5.41) is 3.24. The summed E-state index contributed by atoms with van der Waals surface area (Å²) in [5.41, 5.74) is 2.64. The number of ether oxygens (including phenoxy) is 1. The molecule has 3 rings (SSSR count). The van der Waals surface area contributed by atoms with Gasteiger partial charge < -0.3 is 10.1 Å². The summed E-state index contributed by atoms with van der Waals surface area (Å²) >= 11 is 0. The van der Waals surface area contributed by atoms with Crippen LogP contribution in [0.2, 0.25) is 0 Å². The topological polar surface area (TPSA) is 41.6 Å². The quantitative estimate of drug-likeness (QED) is 0.873. The monoisotopic (exact) mass is 302 g/mol. The van der Waals surface area contributed by atoms with Gasteiger partial charge in [0.2, 0.25) is 5.91 Å². The van der Waals surface area contributed by atoms with Crippen molar-refractivity contribution < 1.29 is 9.53 Å². The zero-order valence-electron chi connectivity index (χ0n) is 13.5. The Morgan fingerprint density at radius 2 is 2.23 bits per heavy atom. The molecule has 1 amide bonds. The standard InChI is InChI=1S/C18H26N2O2/c1-13-5-3-4-6-15(13)16-11-17(16)18(21)19-14-7-8-20(12-14)9-10-22-2/h3-6,14,16-17H,7-12H2,1-2H3,(H,19,21)/t14-,16+,17-/m1/s1. The zero-order chi connectivity index (χ0) is 15.5. The largest absolute Gasteiger partial charge is 0.383 e. The average Bonchev–Trinajstić information content (AvgIpc) is 3.19. The van der Waals surface area contributed by atoms with Gasteiger partial charge in [-0.3, -0.25) is 9.69 Å². The molecule has 0 spiro atoms. The molecule has 1 aromatic rings. The Morgan fingerprint density at radius 1 is 1.41 bits per heavy atom. The number of likely N-dealkylation sites (tertiary alicyclic amines) is 1. The van der Waals surface area contributed by atoms with Gasteiger partial charge >= 0.3 is 0 Å². The van der Waals surface area contributed by atoms with Crippen molar-refractivity contribution >= 4 is 5.91 Å². The lowest BCUT2D eigenvalue weighted by atomic mass is 10.0. The first-order valence-electron chi connectivity index (χ1n) is 8.26. The van der Waals surface area contributed by atoms with Crippen molar-refractivity contribution in [3.05, 3.63) is 35.4 Å². The predicted octanol–water partition coefficient (Wildman–Crippen LogP) is 1.94. The van der Waals surface area contributed by atoms with Crippen LogP contribution < -0.4 is 5.32 Å². The van der Waals surface area contributed by atoms with E-state index < -0.39 is 0 Å². The molecule has 2 fully saturated rings. The highest BCUT2D eigenvalue weighted by molar-refractivity contribution is 5.83. The number of carbonyl (C=O) groups excluding carboxylic acids is 1. The van der Waals surface area contributed by atoms with E-state index in [1.807, 2.05) is 0 Å². The molecule has 4 nitrogen and oxygen atoms in total. The summed E-state index contributed by atoms with van der Waals surface area (Å²) < 4.78 is 5.11. The highest BCUT2D eigenvalue weighted by Crippen LogP contribution is 2.48.